The van der Waals surface area contributed by atoms with Crippen LogP contribution in [-0.4, -0.2) is 0 Å². The predicted octanol–water partition coefficient (Wildman–Crippen LogP) is 5.15. The lowest BCUT2D eigenvalue weighted by molar-refractivity contribution is 0.399. The number of rotatable bonds is 1. The fourth-order valence-electron chi connectivity index (χ4n) is 2.87. The summed E-state index contributed by atoms with van der Waals surface area (Å²) >= 11 is 7.70. The number of halogens is 1. The minimum absolute atomic E-state index is 0.532. The Kier molecular flexibility index (Phi) is 3.72. The highest BCUT2D eigenvalue weighted by molar-refractivity contribution is 8.02. The Morgan fingerprint density at radius 1 is 1.26 bits per heavy atom. The van der Waals surface area contributed by atoms with Crippen molar-refractivity contribution in [3.63, 3.8) is 0 Å². The van der Waals surface area contributed by atoms with Crippen molar-refractivity contribution in [2.45, 2.75) is 37.0 Å². The first-order valence-electron chi connectivity index (χ1n) is 6.66. The van der Waals surface area contributed by atoms with E-state index in [-0.39, 0.29) is 0 Å². The van der Waals surface area contributed by atoms with Gasteiger partial charge < -0.3 is 0 Å². The first-order valence-corrected chi connectivity index (χ1v) is 7.91. The van der Waals surface area contributed by atoms with Crippen LogP contribution in [0.2, 0.25) is 5.02 Å². The van der Waals surface area contributed by atoms with Gasteiger partial charge in [-0.3, -0.25) is 0 Å². The number of fused-ring (bicyclic) bond motifs is 1. The summed E-state index contributed by atoms with van der Waals surface area (Å²) < 4.78 is 0. The second kappa shape index (κ2) is 5.48. The number of thioether (sulfide) groups is 1. The van der Waals surface area contributed by atoms with Crippen LogP contribution in [-0.2, 0) is 0 Å². The summed E-state index contributed by atoms with van der Waals surface area (Å²) in [6.07, 6.45) is 8.62. The van der Waals surface area contributed by atoms with E-state index in [0.29, 0.717) is 5.92 Å². The van der Waals surface area contributed by atoms with Crippen molar-refractivity contribution in [3.8, 4) is 6.19 Å². The van der Waals surface area contributed by atoms with Crippen molar-refractivity contribution < 1.29 is 0 Å². The van der Waals surface area contributed by atoms with Crippen LogP contribution < -0.4 is 4.90 Å². The molecule has 1 heterocycles. The van der Waals surface area contributed by atoms with E-state index in [2.05, 4.69) is 11.6 Å². The van der Waals surface area contributed by atoms with Crippen LogP contribution in [0.15, 0.2) is 34.2 Å². The molecule has 2 nitrogen and oxygen atoms in total. The quantitative estimate of drug-likeness (QED) is 0.669. The molecule has 3 rings (SSSR count). The molecule has 0 amide bonds. The largest absolute Gasteiger partial charge is 0.250 e. The van der Waals surface area contributed by atoms with Crippen LogP contribution in [0.3, 0.4) is 0 Å². The molecule has 2 aliphatic rings. The number of nitrogens with zero attached hydrogens (tertiary/aromatic N) is 2. The number of allylic oxidation sites excluding steroid dienone is 1. The summed E-state index contributed by atoms with van der Waals surface area (Å²) in [5, 5.41) is 12.4. The van der Waals surface area contributed by atoms with Crippen molar-refractivity contribution >= 4 is 29.1 Å². The third-order valence-corrected chi connectivity index (χ3v) is 5.03. The van der Waals surface area contributed by atoms with Crippen LogP contribution >= 0.6 is 23.4 Å². The second-order valence-corrected chi connectivity index (χ2v) is 6.39. The lowest BCUT2D eigenvalue weighted by Crippen LogP contribution is -2.25. The van der Waals surface area contributed by atoms with Gasteiger partial charge in [-0.2, -0.15) is 5.26 Å². The lowest BCUT2D eigenvalue weighted by atomic mass is 9.86. The van der Waals surface area contributed by atoms with Gasteiger partial charge in [0.15, 0.2) is 6.19 Å². The average Bonchev–Trinajstić information content (AvgIpc) is 2.46. The van der Waals surface area contributed by atoms with E-state index in [1.165, 1.54) is 37.8 Å². The molecule has 0 aromatic heterocycles. The van der Waals surface area contributed by atoms with Crippen molar-refractivity contribution in [3.05, 3.63) is 34.3 Å². The number of hydrogen-bond donors (Lipinski definition) is 0. The molecule has 1 saturated carbocycles. The van der Waals surface area contributed by atoms with E-state index >= 15 is 0 Å². The zero-order chi connectivity index (χ0) is 13.2. The van der Waals surface area contributed by atoms with Gasteiger partial charge in [0.1, 0.15) is 0 Å². The topological polar surface area (TPSA) is 27.0 Å². The summed E-state index contributed by atoms with van der Waals surface area (Å²) in [5.41, 5.74) is 2.14. The van der Waals surface area contributed by atoms with Gasteiger partial charge >= 0.3 is 0 Å². The summed E-state index contributed by atoms with van der Waals surface area (Å²) in [5.74, 6) is 0.532. The van der Waals surface area contributed by atoms with E-state index in [0.717, 1.165) is 15.6 Å². The van der Waals surface area contributed by atoms with Gasteiger partial charge in [-0.1, -0.05) is 42.6 Å². The molecule has 1 aliphatic heterocycles. The molecule has 0 N–H and O–H groups in total. The van der Waals surface area contributed by atoms with Gasteiger partial charge in [0, 0.05) is 21.5 Å². The molecule has 4 heteroatoms. The number of anilines is 1. The zero-order valence-corrected chi connectivity index (χ0v) is 12.2. The second-order valence-electron chi connectivity index (χ2n) is 5.04. The third kappa shape index (κ3) is 2.48. The van der Waals surface area contributed by atoms with E-state index in [4.69, 9.17) is 11.6 Å². The van der Waals surface area contributed by atoms with Crippen LogP contribution in [0.1, 0.15) is 32.1 Å². The van der Waals surface area contributed by atoms with E-state index in [9.17, 15) is 5.26 Å². The number of hydrogen-bond acceptors (Lipinski definition) is 3. The molecule has 19 heavy (non-hydrogen) atoms. The minimum atomic E-state index is 0.532. The minimum Gasteiger partial charge on any atom is -0.250 e. The molecule has 0 atom stereocenters. The van der Waals surface area contributed by atoms with Crippen molar-refractivity contribution in [1.29, 1.82) is 5.26 Å². The first-order chi connectivity index (χ1) is 9.29. The molecule has 0 unspecified atom stereocenters. The summed E-state index contributed by atoms with van der Waals surface area (Å²) in [7, 11) is 0. The summed E-state index contributed by atoms with van der Waals surface area (Å²) in [6, 6.07) is 5.73. The highest BCUT2D eigenvalue weighted by Crippen LogP contribution is 2.44. The van der Waals surface area contributed by atoms with Gasteiger partial charge in [-0.15, -0.1) is 0 Å². The van der Waals surface area contributed by atoms with Crippen molar-refractivity contribution in [1.82, 2.24) is 0 Å². The Labute approximate surface area is 123 Å². The monoisotopic (exact) mass is 290 g/mol. The van der Waals surface area contributed by atoms with E-state index in [1.807, 2.05) is 18.2 Å². The highest BCUT2D eigenvalue weighted by Gasteiger charge is 2.27. The molecule has 1 aromatic rings. The molecule has 0 radical (unpaired) electrons. The number of nitriles is 1. The van der Waals surface area contributed by atoms with Gasteiger partial charge in [0.2, 0.25) is 0 Å². The Hall–Kier alpha value is -1.11. The van der Waals surface area contributed by atoms with Crippen LogP contribution in [0.5, 0.6) is 0 Å². The highest BCUT2D eigenvalue weighted by atomic mass is 35.5. The molecule has 0 spiro atoms. The van der Waals surface area contributed by atoms with Crippen LogP contribution in [0.25, 0.3) is 0 Å². The van der Waals surface area contributed by atoms with Gasteiger partial charge in [-0.25, -0.2) is 4.90 Å². The van der Waals surface area contributed by atoms with E-state index in [1.54, 1.807) is 16.7 Å². The lowest BCUT2D eigenvalue weighted by Gasteiger charge is -2.32. The normalized spacial score (nSPS) is 19.6. The predicted molar refractivity (Wildman–Crippen MR) is 80.1 cm³/mol. The van der Waals surface area contributed by atoms with Gasteiger partial charge in [-0.05, 0) is 36.4 Å². The van der Waals surface area contributed by atoms with Crippen LogP contribution in [0, 0.1) is 17.4 Å². The Bertz CT molecular complexity index is 556. The summed E-state index contributed by atoms with van der Waals surface area (Å²) in [4.78, 5) is 2.85. The smallest absolute Gasteiger partial charge is 0.189 e. The van der Waals surface area contributed by atoms with Crippen molar-refractivity contribution in [2.75, 3.05) is 4.90 Å². The number of benzene rings is 1. The Balaban J connectivity index is 1.94. The Morgan fingerprint density at radius 3 is 2.79 bits per heavy atom. The van der Waals surface area contributed by atoms with E-state index < -0.39 is 0 Å². The van der Waals surface area contributed by atoms with Gasteiger partial charge in [0.05, 0.1) is 5.69 Å². The maximum absolute atomic E-state index is 9.50. The molecule has 1 fully saturated rings. The van der Waals surface area contributed by atoms with Crippen LogP contribution in [0.4, 0.5) is 5.69 Å². The fraction of sp³-hybridized carbons (Fsp3) is 0.400. The SMILES string of the molecule is N#CN1C(C2CCCCC2)=CSc2cc(Cl)ccc21. The molecule has 1 aliphatic carbocycles. The molecule has 1 aromatic carbocycles. The standard InChI is InChI=1S/C15H15ClN2S/c16-12-6-7-13-15(8-12)19-9-14(18(13)10-17)11-4-2-1-3-5-11/h6-9,11H,1-5H2. The molecular formula is C15H15ClN2S. The maximum atomic E-state index is 9.50. The Morgan fingerprint density at radius 2 is 2.05 bits per heavy atom. The molecule has 0 saturated heterocycles. The van der Waals surface area contributed by atoms with Gasteiger partial charge in [0.25, 0.3) is 0 Å². The maximum Gasteiger partial charge on any atom is 0.189 e. The molecule has 0 bridgehead atoms. The summed E-state index contributed by atoms with van der Waals surface area (Å²) in [6.45, 7) is 0. The third-order valence-electron chi connectivity index (χ3n) is 3.85. The fourth-order valence-corrected chi connectivity index (χ4v) is 4.13. The zero-order valence-electron chi connectivity index (χ0n) is 10.6. The average molecular weight is 291 g/mol. The van der Waals surface area contributed by atoms with Crippen molar-refractivity contribution in [2.24, 2.45) is 5.92 Å². The molecular weight excluding hydrogens is 276 g/mol. The first kappa shape index (κ1) is 12.9. The molecule has 98 valence electrons.